The molecule has 126 valence electrons. The van der Waals surface area contributed by atoms with Crippen LogP contribution in [0.1, 0.15) is 24.0 Å². The molecule has 1 amide bonds. The van der Waals surface area contributed by atoms with Gasteiger partial charge in [-0.3, -0.25) is 4.79 Å². The van der Waals surface area contributed by atoms with Crippen LogP contribution in [0.3, 0.4) is 0 Å². The number of benzene rings is 2. The summed E-state index contributed by atoms with van der Waals surface area (Å²) in [5.74, 6) is 0.0457. The van der Waals surface area contributed by atoms with Gasteiger partial charge in [-0.15, -0.1) is 5.10 Å². The minimum Gasteiger partial charge on any atom is -0.325 e. The van der Waals surface area contributed by atoms with Crippen LogP contribution in [0.15, 0.2) is 53.3 Å². The van der Waals surface area contributed by atoms with Crippen molar-refractivity contribution in [3.63, 3.8) is 0 Å². The van der Waals surface area contributed by atoms with E-state index in [4.69, 9.17) is 0 Å². The van der Waals surface area contributed by atoms with Crippen LogP contribution in [0.2, 0.25) is 0 Å². The molecule has 0 atom stereocenters. The molecule has 1 heterocycles. The molecule has 6 nitrogen and oxygen atoms in total. The highest BCUT2D eigenvalue weighted by Crippen LogP contribution is 2.49. The van der Waals surface area contributed by atoms with Gasteiger partial charge in [0.15, 0.2) is 0 Å². The maximum absolute atomic E-state index is 12.8. The van der Waals surface area contributed by atoms with E-state index in [1.165, 1.54) is 0 Å². The quantitative estimate of drug-likeness (QED) is 0.731. The second-order valence-corrected chi connectivity index (χ2v) is 7.21. The summed E-state index contributed by atoms with van der Waals surface area (Å²) >= 11 is 3.44. The van der Waals surface area contributed by atoms with E-state index in [-0.39, 0.29) is 5.91 Å². The molecule has 1 aliphatic rings. The van der Waals surface area contributed by atoms with Crippen LogP contribution < -0.4 is 5.32 Å². The summed E-state index contributed by atoms with van der Waals surface area (Å²) in [5.41, 5.74) is 3.32. The number of hydrogen-bond donors (Lipinski definition) is 1. The largest absolute Gasteiger partial charge is 0.325 e. The Bertz CT molecular complexity index is 917. The molecule has 1 aliphatic carbocycles. The SMILES string of the molecule is Cc1cc(NC(=O)C2(c3ccc(Br)cc3)CC2)ccc1-n1cnnn1. The zero-order chi connectivity index (χ0) is 17.4. The molecule has 2 aromatic carbocycles. The smallest absolute Gasteiger partial charge is 0.235 e. The highest BCUT2D eigenvalue weighted by Gasteiger charge is 2.51. The van der Waals surface area contributed by atoms with Crippen LogP contribution in [0, 0.1) is 6.92 Å². The molecule has 1 fully saturated rings. The Labute approximate surface area is 153 Å². The molecule has 1 saturated carbocycles. The van der Waals surface area contributed by atoms with Gasteiger partial charge < -0.3 is 5.32 Å². The van der Waals surface area contributed by atoms with E-state index in [9.17, 15) is 4.79 Å². The first kappa shape index (κ1) is 16.0. The number of anilines is 1. The lowest BCUT2D eigenvalue weighted by Crippen LogP contribution is -2.27. The minimum atomic E-state index is -0.400. The molecule has 1 aromatic heterocycles. The second-order valence-electron chi connectivity index (χ2n) is 6.30. The fourth-order valence-corrected chi connectivity index (χ4v) is 3.32. The predicted octanol–water partition coefficient (Wildman–Crippen LogP) is 3.40. The Morgan fingerprint density at radius 2 is 1.96 bits per heavy atom. The van der Waals surface area contributed by atoms with Gasteiger partial charge in [-0.2, -0.15) is 0 Å². The zero-order valence-corrected chi connectivity index (χ0v) is 15.2. The Morgan fingerprint density at radius 3 is 2.56 bits per heavy atom. The normalized spacial score (nSPS) is 15.0. The average molecular weight is 398 g/mol. The fourth-order valence-electron chi connectivity index (χ4n) is 3.05. The van der Waals surface area contributed by atoms with E-state index in [0.29, 0.717) is 0 Å². The van der Waals surface area contributed by atoms with Gasteiger partial charge >= 0.3 is 0 Å². The minimum absolute atomic E-state index is 0.0457. The molecular weight excluding hydrogens is 382 g/mol. The van der Waals surface area contributed by atoms with Crippen LogP contribution in [0.5, 0.6) is 0 Å². The molecule has 0 bridgehead atoms. The van der Waals surface area contributed by atoms with E-state index in [0.717, 1.165) is 39.8 Å². The van der Waals surface area contributed by atoms with Gasteiger partial charge in [-0.1, -0.05) is 28.1 Å². The van der Waals surface area contributed by atoms with Crippen molar-refractivity contribution in [1.82, 2.24) is 20.2 Å². The number of aryl methyl sites for hydroxylation is 1. The molecule has 0 radical (unpaired) electrons. The van der Waals surface area contributed by atoms with Gasteiger partial charge in [0.05, 0.1) is 11.1 Å². The first-order chi connectivity index (χ1) is 12.1. The Morgan fingerprint density at radius 1 is 1.20 bits per heavy atom. The van der Waals surface area contributed by atoms with E-state index in [1.54, 1.807) is 11.0 Å². The number of tetrazole rings is 1. The lowest BCUT2D eigenvalue weighted by molar-refractivity contribution is -0.118. The van der Waals surface area contributed by atoms with Gasteiger partial charge in [0, 0.05) is 10.2 Å². The molecule has 3 aromatic rings. The third-order valence-corrected chi connectivity index (χ3v) is 5.16. The van der Waals surface area contributed by atoms with E-state index in [1.807, 2.05) is 49.4 Å². The Kier molecular flexibility index (Phi) is 3.88. The Balaban J connectivity index is 1.55. The van der Waals surface area contributed by atoms with Crippen molar-refractivity contribution in [3.05, 3.63) is 64.4 Å². The molecule has 25 heavy (non-hydrogen) atoms. The summed E-state index contributed by atoms with van der Waals surface area (Å²) in [6.45, 7) is 1.97. The summed E-state index contributed by atoms with van der Waals surface area (Å²) in [5, 5.41) is 14.3. The van der Waals surface area contributed by atoms with Crippen molar-refractivity contribution in [1.29, 1.82) is 0 Å². The van der Waals surface area contributed by atoms with Crippen molar-refractivity contribution < 1.29 is 4.79 Å². The highest BCUT2D eigenvalue weighted by atomic mass is 79.9. The zero-order valence-electron chi connectivity index (χ0n) is 13.6. The summed E-state index contributed by atoms with van der Waals surface area (Å²) in [6.07, 6.45) is 3.30. The van der Waals surface area contributed by atoms with Gasteiger partial charge in [0.25, 0.3) is 0 Å². The molecule has 1 N–H and O–H groups in total. The number of carbonyl (C=O) groups is 1. The fraction of sp³-hybridized carbons (Fsp3) is 0.222. The van der Waals surface area contributed by atoms with Crippen LogP contribution in [-0.4, -0.2) is 26.1 Å². The monoisotopic (exact) mass is 397 g/mol. The molecule has 0 spiro atoms. The number of nitrogens with one attached hydrogen (secondary N) is 1. The van der Waals surface area contributed by atoms with Crippen LogP contribution in [0.4, 0.5) is 5.69 Å². The van der Waals surface area contributed by atoms with E-state index < -0.39 is 5.41 Å². The van der Waals surface area contributed by atoms with Crippen LogP contribution in [0.25, 0.3) is 5.69 Å². The number of rotatable bonds is 4. The average Bonchev–Trinajstić information content (AvgIpc) is 3.24. The first-order valence-corrected chi connectivity index (χ1v) is 8.79. The third-order valence-electron chi connectivity index (χ3n) is 4.63. The van der Waals surface area contributed by atoms with Crippen LogP contribution in [-0.2, 0) is 10.2 Å². The van der Waals surface area contributed by atoms with Crippen LogP contribution >= 0.6 is 15.9 Å². The number of halogens is 1. The van der Waals surface area contributed by atoms with E-state index >= 15 is 0 Å². The standard InChI is InChI=1S/C18H16BrN5O/c1-12-10-15(6-7-16(12)24-11-20-22-23-24)21-17(25)18(8-9-18)13-2-4-14(19)5-3-13/h2-7,10-11H,8-9H2,1H3,(H,21,25). The number of aromatic nitrogens is 4. The van der Waals surface area contributed by atoms with E-state index in [2.05, 4.69) is 36.8 Å². The number of hydrogen-bond acceptors (Lipinski definition) is 4. The molecule has 0 saturated heterocycles. The molecule has 0 unspecified atom stereocenters. The summed E-state index contributed by atoms with van der Waals surface area (Å²) in [7, 11) is 0. The molecular formula is C18H16BrN5O. The number of nitrogens with zero attached hydrogens (tertiary/aromatic N) is 4. The first-order valence-electron chi connectivity index (χ1n) is 8.00. The number of amides is 1. The maximum Gasteiger partial charge on any atom is 0.235 e. The lowest BCUT2D eigenvalue weighted by atomic mass is 9.95. The molecule has 0 aliphatic heterocycles. The Hall–Kier alpha value is -2.54. The summed E-state index contributed by atoms with van der Waals surface area (Å²) in [6, 6.07) is 13.7. The lowest BCUT2D eigenvalue weighted by Gasteiger charge is -2.17. The predicted molar refractivity (Wildman–Crippen MR) is 97.6 cm³/mol. The topological polar surface area (TPSA) is 72.7 Å². The van der Waals surface area contributed by atoms with Crippen molar-refractivity contribution >= 4 is 27.5 Å². The van der Waals surface area contributed by atoms with Gasteiger partial charge in [-0.25, -0.2) is 4.68 Å². The third kappa shape index (κ3) is 2.95. The van der Waals surface area contributed by atoms with Gasteiger partial charge in [-0.05, 0) is 71.7 Å². The maximum atomic E-state index is 12.8. The second kappa shape index (κ2) is 6.07. The van der Waals surface area contributed by atoms with Gasteiger partial charge in [0.2, 0.25) is 5.91 Å². The summed E-state index contributed by atoms with van der Waals surface area (Å²) < 4.78 is 2.62. The highest BCUT2D eigenvalue weighted by molar-refractivity contribution is 9.10. The van der Waals surface area contributed by atoms with Crippen molar-refractivity contribution in [3.8, 4) is 5.69 Å². The number of carbonyl (C=O) groups excluding carboxylic acids is 1. The van der Waals surface area contributed by atoms with Crippen molar-refractivity contribution in [2.45, 2.75) is 25.2 Å². The molecule has 4 rings (SSSR count). The molecule has 7 heteroatoms. The van der Waals surface area contributed by atoms with Gasteiger partial charge in [0.1, 0.15) is 6.33 Å². The van der Waals surface area contributed by atoms with Crippen molar-refractivity contribution in [2.24, 2.45) is 0 Å². The summed E-state index contributed by atoms with van der Waals surface area (Å²) in [4.78, 5) is 12.8. The van der Waals surface area contributed by atoms with Crippen molar-refractivity contribution in [2.75, 3.05) is 5.32 Å².